The van der Waals surface area contributed by atoms with E-state index < -0.39 is 5.97 Å². The quantitative estimate of drug-likeness (QED) is 0.742. The molecule has 0 atom stereocenters. The maximum atomic E-state index is 10.7. The molecule has 23 heavy (non-hydrogen) atoms. The zero-order valence-corrected chi connectivity index (χ0v) is 13.1. The molecular formula is C17H14ClN3O2. The second-order valence-corrected chi connectivity index (χ2v) is 5.40. The van der Waals surface area contributed by atoms with Crippen LogP contribution in [0.4, 0.5) is 5.69 Å². The number of hydrogen-bond donors (Lipinski definition) is 1. The lowest BCUT2D eigenvalue weighted by Gasteiger charge is -2.24. The molecule has 0 aliphatic heterocycles. The maximum absolute atomic E-state index is 10.7. The van der Waals surface area contributed by atoms with E-state index in [2.05, 4.69) is 4.98 Å². The fraction of sp³-hybridized carbons (Fsp3) is 0.0588. The summed E-state index contributed by atoms with van der Waals surface area (Å²) in [5, 5.41) is 12.3. The van der Waals surface area contributed by atoms with E-state index in [1.165, 1.54) is 0 Å². The van der Waals surface area contributed by atoms with Crippen LogP contribution in [0.3, 0.4) is 0 Å². The number of halogens is 1. The van der Waals surface area contributed by atoms with Crippen LogP contribution in [0.2, 0.25) is 5.02 Å². The third-order valence-corrected chi connectivity index (χ3v) is 3.74. The van der Waals surface area contributed by atoms with Gasteiger partial charge in [0.2, 0.25) is 0 Å². The van der Waals surface area contributed by atoms with Crippen LogP contribution in [-0.4, -0.2) is 27.8 Å². The van der Waals surface area contributed by atoms with Gasteiger partial charge >= 0.3 is 5.97 Å². The lowest BCUT2D eigenvalue weighted by Crippen LogP contribution is -2.25. The number of hydrogen-bond acceptors (Lipinski definition) is 3. The average Bonchev–Trinajstić information content (AvgIpc) is 2.99. The topological polar surface area (TPSA) is 58.4 Å². The van der Waals surface area contributed by atoms with E-state index in [4.69, 9.17) is 16.7 Å². The molecule has 0 amide bonds. The van der Waals surface area contributed by atoms with Gasteiger partial charge in [-0.15, -0.1) is 0 Å². The molecule has 3 aromatic rings. The van der Waals surface area contributed by atoms with Gasteiger partial charge in [0.1, 0.15) is 0 Å². The second kappa shape index (κ2) is 6.14. The van der Waals surface area contributed by atoms with Gasteiger partial charge in [0.15, 0.2) is 0 Å². The molecule has 2 aromatic heterocycles. The number of benzene rings is 1. The molecule has 1 N–H and O–H groups in total. The summed E-state index contributed by atoms with van der Waals surface area (Å²) in [5.41, 5.74) is 2.50. The van der Waals surface area contributed by atoms with Gasteiger partial charge < -0.3 is 5.11 Å². The van der Waals surface area contributed by atoms with Crippen molar-refractivity contribution in [2.75, 3.05) is 12.1 Å². The highest BCUT2D eigenvalue weighted by atomic mass is 35.5. The molecule has 0 spiro atoms. The van der Waals surface area contributed by atoms with Gasteiger partial charge in [0, 0.05) is 35.9 Å². The van der Waals surface area contributed by atoms with Gasteiger partial charge in [-0.1, -0.05) is 11.6 Å². The molecule has 0 bridgehead atoms. The van der Waals surface area contributed by atoms with Crippen molar-refractivity contribution in [2.24, 2.45) is 0 Å². The third kappa shape index (κ3) is 3.05. The Morgan fingerprint density at radius 2 is 2.17 bits per heavy atom. The van der Waals surface area contributed by atoms with Crippen molar-refractivity contribution in [3.8, 4) is 0 Å². The number of pyridine rings is 1. The smallest absolute Gasteiger partial charge is 0.328 e. The Balaban J connectivity index is 2.06. The minimum atomic E-state index is -0.982. The van der Waals surface area contributed by atoms with E-state index in [1.807, 2.05) is 59.3 Å². The van der Waals surface area contributed by atoms with Gasteiger partial charge in [-0.25, -0.2) is 4.79 Å². The highest BCUT2D eigenvalue weighted by molar-refractivity contribution is 6.31. The summed E-state index contributed by atoms with van der Waals surface area (Å²) < 4.78 is 1.86. The predicted octanol–water partition coefficient (Wildman–Crippen LogP) is 3.69. The molecule has 116 valence electrons. The van der Waals surface area contributed by atoms with Crippen LogP contribution in [0, 0.1) is 0 Å². The molecule has 0 radical (unpaired) electrons. The number of carboxylic acids is 1. The summed E-state index contributed by atoms with van der Waals surface area (Å²) in [6.45, 7) is 0. The molecule has 0 fully saturated rings. The summed E-state index contributed by atoms with van der Waals surface area (Å²) in [7, 11) is 1.90. The second-order valence-electron chi connectivity index (χ2n) is 4.96. The zero-order valence-electron chi connectivity index (χ0n) is 12.3. The van der Waals surface area contributed by atoms with Crippen molar-refractivity contribution < 1.29 is 9.90 Å². The Morgan fingerprint density at radius 3 is 2.96 bits per heavy atom. The fourth-order valence-corrected chi connectivity index (χ4v) is 2.62. The van der Waals surface area contributed by atoms with Gasteiger partial charge in [-0.2, -0.15) is 0 Å². The highest BCUT2D eigenvalue weighted by Crippen LogP contribution is 2.27. The van der Waals surface area contributed by atoms with E-state index >= 15 is 0 Å². The van der Waals surface area contributed by atoms with Crippen molar-refractivity contribution in [1.29, 1.82) is 0 Å². The van der Waals surface area contributed by atoms with Crippen LogP contribution in [0.15, 0.2) is 54.9 Å². The summed E-state index contributed by atoms with van der Waals surface area (Å²) in [5.74, 6) is -0.982. The van der Waals surface area contributed by atoms with Gasteiger partial charge in [-0.05, 0) is 42.5 Å². The maximum Gasteiger partial charge on any atom is 0.328 e. The first-order valence-electron chi connectivity index (χ1n) is 6.93. The number of carboxylic acid groups (broad SMARTS) is 1. The number of aliphatic carboxylic acids is 1. The van der Waals surface area contributed by atoms with E-state index in [0.29, 0.717) is 5.02 Å². The van der Waals surface area contributed by atoms with Crippen molar-refractivity contribution in [2.45, 2.75) is 0 Å². The van der Waals surface area contributed by atoms with Gasteiger partial charge in [0.25, 0.3) is 0 Å². The Hall–Kier alpha value is -2.79. The summed E-state index contributed by atoms with van der Waals surface area (Å²) in [6, 6.07) is 11.2. The molecule has 3 rings (SSSR count). The number of aromatic nitrogens is 2. The monoisotopic (exact) mass is 327 g/mol. The first kappa shape index (κ1) is 15.1. The summed E-state index contributed by atoms with van der Waals surface area (Å²) >= 11 is 6.02. The van der Waals surface area contributed by atoms with Crippen molar-refractivity contribution in [1.82, 2.24) is 9.66 Å². The Morgan fingerprint density at radius 1 is 1.35 bits per heavy atom. The van der Waals surface area contributed by atoms with Crippen LogP contribution >= 0.6 is 11.6 Å². The molecule has 0 aliphatic rings. The van der Waals surface area contributed by atoms with Gasteiger partial charge in [-0.3, -0.25) is 14.7 Å². The van der Waals surface area contributed by atoms with Crippen molar-refractivity contribution in [3.05, 3.63) is 65.6 Å². The van der Waals surface area contributed by atoms with Crippen LogP contribution in [0.25, 0.3) is 17.0 Å². The largest absolute Gasteiger partial charge is 0.478 e. The SMILES string of the molecule is CN(c1ccnc2cc(Cl)ccc12)n1cccc1C=CC(=O)O. The molecule has 1 aromatic carbocycles. The first-order valence-corrected chi connectivity index (χ1v) is 7.31. The molecule has 0 aliphatic carbocycles. The van der Waals surface area contributed by atoms with E-state index in [0.717, 1.165) is 28.4 Å². The number of nitrogens with zero attached hydrogens (tertiary/aromatic N) is 3. The minimum absolute atomic E-state index is 0.635. The first-order chi connectivity index (χ1) is 11.1. The van der Waals surface area contributed by atoms with E-state index in [1.54, 1.807) is 12.3 Å². The normalized spacial score (nSPS) is 11.2. The zero-order chi connectivity index (χ0) is 16.4. The Bertz CT molecular complexity index is 902. The number of anilines is 1. The molecule has 0 unspecified atom stereocenters. The average molecular weight is 328 g/mol. The van der Waals surface area contributed by atoms with Crippen LogP contribution in [0.5, 0.6) is 0 Å². The van der Waals surface area contributed by atoms with Crippen LogP contribution in [0.1, 0.15) is 5.69 Å². The molecule has 5 nitrogen and oxygen atoms in total. The standard InChI is InChI=1S/C17H14ClN3O2/c1-20(21-10-2-3-13(21)5-7-17(22)23)16-8-9-19-15-11-12(18)4-6-14(15)16/h2-11H,1H3,(H,22,23). The summed E-state index contributed by atoms with van der Waals surface area (Å²) in [4.78, 5) is 15.1. The van der Waals surface area contributed by atoms with Crippen LogP contribution < -0.4 is 5.01 Å². The minimum Gasteiger partial charge on any atom is -0.478 e. The third-order valence-electron chi connectivity index (χ3n) is 3.51. The molecule has 0 saturated carbocycles. The lowest BCUT2D eigenvalue weighted by molar-refractivity contribution is -0.131. The summed E-state index contributed by atoms with van der Waals surface area (Å²) in [6.07, 6.45) is 6.26. The molecule has 6 heteroatoms. The van der Waals surface area contributed by atoms with Crippen LogP contribution in [-0.2, 0) is 4.79 Å². The lowest BCUT2D eigenvalue weighted by atomic mass is 10.2. The Kier molecular flexibility index (Phi) is 4.04. The van der Waals surface area contributed by atoms with Crippen molar-refractivity contribution >= 4 is 40.2 Å². The fourth-order valence-electron chi connectivity index (χ4n) is 2.45. The van der Waals surface area contributed by atoms with E-state index in [-0.39, 0.29) is 0 Å². The molecule has 0 saturated heterocycles. The number of rotatable bonds is 4. The molecule has 2 heterocycles. The molecular weight excluding hydrogens is 314 g/mol. The highest BCUT2D eigenvalue weighted by Gasteiger charge is 2.10. The predicted molar refractivity (Wildman–Crippen MR) is 91.7 cm³/mol. The Labute approximate surface area is 138 Å². The number of fused-ring (bicyclic) bond motifs is 1. The van der Waals surface area contributed by atoms with Gasteiger partial charge in [0.05, 0.1) is 16.9 Å². The number of carbonyl (C=O) groups is 1. The van der Waals surface area contributed by atoms with E-state index in [9.17, 15) is 4.79 Å². The van der Waals surface area contributed by atoms with Crippen molar-refractivity contribution in [3.63, 3.8) is 0 Å².